The second-order valence-corrected chi connectivity index (χ2v) is 9.51. The molecule has 150 valence electrons. The van der Waals surface area contributed by atoms with Gasteiger partial charge in [0.25, 0.3) is 5.91 Å². The molecule has 1 N–H and O–H groups in total. The van der Waals surface area contributed by atoms with E-state index in [0.717, 1.165) is 48.1 Å². The standard InChI is InChI=1S/C22H28N2O3S/c1-16-8-9-18(3)21(14-16)23-22(25)20-15-19(11-10-17(20)2)28(26,27)24-12-6-4-5-7-13-24/h8-11,14-15H,4-7,12-13H2,1-3H3,(H,23,25). The van der Waals surface area contributed by atoms with Crippen molar-refractivity contribution in [3.63, 3.8) is 0 Å². The molecule has 6 heteroatoms. The minimum absolute atomic E-state index is 0.186. The number of carbonyl (C=O) groups is 1. The monoisotopic (exact) mass is 400 g/mol. The maximum absolute atomic E-state index is 13.1. The Kier molecular flexibility index (Phi) is 6.20. The van der Waals surface area contributed by atoms with Gasteiger partial charge in [0.05, 0.1) is 4.90 Å². The fraction of sp³-hybridized carbons (Fsp3) is 0.409. The molecule has 28 heavy (non-hydrogen) atoms. The van der Waals surface area contributed by atoms with Crippen molar-refractivity contribution in [2.24, 2.45) is 0 Å². The molecular weight excluding hydrogens is 372 g/mol. The summed E-state index contributed by atoms with van der Waals surface area (Å²) in [6, 6.07) is 10.7. The zero-order chi connectivity index (χ0) is 20.3. The fourth-order valence-corrected chi connectivity index (χ4v) is 5.04. The van der Waals surface area contributed by atoms with E-state index in [0.29, 0.717) is 18.7 Å². The first kappa shape index (κ1) is 20.6. The van der Waals surface area contributed by atoms with E-state index in [1.807, 2.05) is 39.0 Å². The third-order valence-electron chi connectivity index (χ3n) is 5.30. The normalized spacial score (nSPS) is 15.8. The van der Waals surface area contributed by atoms with Crippen molar-refractivity contribution in [2.75, 3.05) is 18.4 Å². The number of carbonyl (C=O) groups excluding carboxylic acids is 1. The van der Waals surface area contributed by atoms with Crippen LogP contribution in [0, 0.1) is 20.8 Å². The van der Waals surface area contributed by atoms with E-state index < -0.39 is 10.0 Å². The molecule has 1 aliphatic heterocycles. The van der Waals surface area contributed by atoms with Crippen molar-refractivity contribution in [1.82, 2.24) is 4.31 Å². The first-order valence-corrected chi connectivity index (χ1v) is 11.2. The minimum atomic E-state index is -3.59. The number of nitrogens with zero attached hydrogens (tertiary/aromatic N) is 1. The second-order valence-electron chi connectivity index (χ2n) is 7.57. The van der Waals surface area contributed by atoms with Crippen LogP contribution in [0.5, 0.6) is 0 Å². The Morgan fingerprint density at radius 1 is 0.893 bits per heavy atom. The predicted molar refractivity (Wildman–Crippen MR) is 112 cm³/mol. The van der Waals surface area contributed by atoms with Crippen molar-refractivity contribution >= 4 is 21.6 Å². The molecule has 0 unspecified atom stereocenters. The fourth-order valence-electron chi connectivity index (χ4n) is 3.50. The lowest BCUT2D eigenvalue weighted by atomic mass is 10.1. The third kappa shape index (κ3) is 4.45. The summed E-state index contributed by atoms with van der Waals surface area (Å²) < 4.78 is 27.7. The summed E-state index contributed by atoms with van der Waals surface area (Å²) in [5.74, 6) is -0.292. The molecule has 0 saturated carbocycles. The number of nitrogens with one attached hydrogen (secondary N) is 1. The summed E-state index contributed by atoms with van der Waals surface area (Å²) in [5, 5.41) is 2.93. The molecule has 0 aromatic heterocycles. The third-order valence-corrected chi connectivity index (χ3v) is 7.19. The van der Waals surface area contributed by atoms with E-state index in [9.17, 15) is 13.2 Å². The van der Waals surface area contributed by atoms with Gasteiger partial charge in [0.2, 0.25) is 10.0 Å². The molecule has 2 aromatic carbocycles. The van der Waals surface area contributed by atoms with Crippen molar-refractivity contribution < 1.29 is 13.2 Å². The summed E-state index contributed by atoms with van der Waals surface area (Å²) >= 11 is 0. The van der Waals surface area contributed by atoms with Crippen LogP contribution in [0.1, 0.15) is 52.7 Å². The minimum Gasteiger partial charge on any atom is -0.322 e. The molecule has 0 aliphatic carbocycles. The number of rotatable bonds is 4. The predicted octanol–water partition coefficient (Wildman–Crippen LogP) is 4.43. The highest BCUT2D eigenvalue weighted by Crippen LogP contribution is 2.24. The Morgan fingerprint density at radius 3 is 2.21 bits per heavy atom. The highest BCUT2D eigenvalue weighted by atomic mass is 32.2. The molecule has 1 fully saturated rings. The quantitative estimate of drug-likeness (QED) is 0.826. The molecule has 1 aliphatic rings. The van der Waals surface area contributed by atoms with Crippen LogP contribution in [0.2, 0.25) is 0 Å². The lowest BCUT2D eigenvalue weighted by molar-refractivity contribution is 0.102. The van der Waals surface area contributed by atoms with E-state index in [2.05, 4.69) is 5.32 Å². The van der Waals surface area contributed by atoms with Gasteiger partial charge in [-0.05, 0) is 68.5 Å². The number of hydrogen-bond donors (Lipinski definition) is 1. The molecule has 0 atom stereocenters. The summed E-state index contributed by atoms with van der Waals surface area (Å²) in [6.07, 6.45) is 3.88. The average Bonchev–Trinajstić information content (AvgIpc) is 2.95. The van der Waals surface area contributed by atoms with Crippen LogP contribution in [-0.4, -0.2) is 31.7 Å². The Bertz CT molecular complexity index is 975. The SMILES string of the molecule is Cc1ccc(C)c(NC(=O)c2cc(S(=O)(=O)N3CCCCCC3)ccc2C)c1. The number of sulfonamides is 1. The highest BCUT2D eigenvalue weighted by molar-refractivity contribution is 7.89. The number of anilines is 1. The number of amides is 1. The zero-order valence-electron chi connectivity index (χ0n) is 16.8. The van der Waals surface area contributed by atoms with E-state index in [1.165, 1.54) is 6.07 Å². The summed E-state index contributed by atoms with van der Waals surface area (Å²) in [7, 11) is -3.59. The topological polar surface area (TPSA) is 66.5 Å². The first-order valence-electron chi connectivity index (χ1n) is 9.78. The van der Waals surface area contributed by atoms with Crippen LogP contribution in [0.3, 0.4) is 0 Å². The van der Waals surface area contributed by atoms with Gasteiger partial charge < -0.3 is 5.32 Å². The maximum atomic E-state index is 13.1. The maximum Gasteiger partial charge on any atom is 0.255 e. The average molecular weight is 401 g/mol. The molecule has 2 aromatic rings. The van der Waals surface area contributed by atoms with Gasteiger partial charge in [-0.3, -0.25) is 4.79 Å². The van der Waals surface area contributed by atoms with Gasteiger partial charge in [0.15, 0.2) is 0 Å². The number of aryl methyl sites for hydroxylation is 3. The molecule has 1 saturated heterocycles. The number of hydrogen-bond acceptors (Lipinski definition) is 3. The van der Waals surface area contributed by atoms with Crippen LogP contribution in [0.25, 0.3) is 0 Å². The van der Waals surface area contributed by atoms with Gasteiger partial charge in [-0.2, -0.15) is 4.31 Å². The smallest absolute Gasteiger partial charge is 0.255 e. The molecular formula is C22H28N2O3S. The van der Waals surface area contributed by atoms with Crippen LogP contribution >= 0.6 is 0 Å². The second kappa shape index (κ2) is 8.45. The van der Waals surface area contributed by atoms with E-state index in [4.69, 9.17) is 0 Å². The van der Waals surface area contributed by atoms with Gasteiger partial charge in [-0.1, -0.05) is 31.0 Å². The molecule has 1 heterocycles. The zero-order valence-corrected chi connectivity index (χ0v) is 17.6. The van der Waals surface area contributed by atoms with Gasteiger partial charge in [0.1, 0.15) is 0 Å². The number of benzene rings is 2. The van der Waals surface area contributed by atoms with Gasteiger partial charge >= 0.3 is 0 Å². The van der Waals surface area contributed by atoms with Gasteiger partial charge in [-0.25, -0.2) is 8.42 Å². The highest BCUT2D eigenvalue weighted by Gasteiger charge is 2.26. The Labute approximate surface area is 167 Å². The Hall–Kier alpha value is -2.18. The first-order chi connectivity index (χ1) is 13.3. The summed E-state index contributed by atoms with van der Waals surface area (Å²) in [5.41, 5.74) is 3.89. The van der Waals surface area contributed by atoms with Crippen molar-refractivity contribution in [2.45, 2.75) is 51.3 Å². The molecule has 0 bridgehead atoms. The molecule has 3 rings (SSSR count). The van der Waals surface area contributed by atoms with Crippen LogP contribution in [0.4, 0.5) is 5.69 Å². The van der Waals surface area contributed by atoms with Gasteiger partial charge in [-0.15, -0.1) is 0 Å². The summed E-state index contributed by atoms with van der Waals surface area (Å²) in [6.45, 7) is 6.80. The van der Waals surface area contributed by atoms with Gasteiger partial charge in [0, 0.05) is 24.3 Å². The van der Waals surface area contributed by atoms with Crippen LogP contribution < -0.4 is 5.32 Å². The van der Waals surface area contributed by atoms with Crippen molar-refractivity contribution in [1.29, 1.82) is 0 Å². The molecule has 0 spiro atoms. The van der Waals surface area contributed by atoms with Crippen LogP contribution in [-0.2, 0) is 10.0 Å². The molecule has 0 radical (unpaired) electrons. The van der Waals surface area contributed by atoms with Crippen molar-refractivity contribution in [3.05, 3.63) is 58.7 Å². The lowest BCUT2D eigenvalue weighted by Crippen LogP contribution is -2.32. The largest absolute Gasteiger partial charge is 0.322 e. The van der Waals surface area contributed by atoms with E-state index in [1.54, 1.807) is 16.4 Å². The molecule has 5 nitrogen and oxygen atoms in total. The summed E-state index contributed by atoms with van der Waals surface area (Å²) in [4.78, 5) is 13.1. The Balaban J connectivity index is 1.90. The van der Waals surface area contributed by atoms with Crippen LogP contribution in [0.15, 0.2) is 41.3 Å². The van der Waals surface area contributed by atoms with E-state index in [-0.39, 0.29) is 10.8 Å². The van der Waals surface area contributed by atoms with E-state index >= 15 is 0 Å². The Morgan fingerprint density at radius 2 is 1.54 bits per heavy atom. The molecule has 1 amide bonds. The lowest BCUT2D eigenvalue weighted by Gasteiger charge is -2.20. The van der Waals surface area contributed by atoms with Crippen molar-refractivity contribution in [3.8, 4) is 0 Å².